The quantitative estimate of drug-likeness (QED) is 0.707. The number of Topliss-reactive ketones (excluding diaryl/α,β-unsaturated/α-hetero) is 1. The third-order valence-corrected chi connectivity index (χ3v) is 7.66. The Morgan fingerprint density at radius 3 is 2.74 bits per heavy atom. The van der Waals surface area contributed by atoms with Gasteiger partial charge in [-0.2, -0.15) is 0 Å². The van der Waals surface area contributed by atoms with Crippen molar-refractivity contribution in [2.24, 2.45) is 11.8 Å². The number of hydrogen-bond acceptors (Lipinski definition) is 3. The van der Waals surface area contributed by atoms with Gasteiger partial charge in [-0.3, -0.25) is 9.69 Å². The van der Waals surface area contributed by atoms with Gasteiger partial charge in [0.25, 0.3) is 0 Å². The Morgan fingerprint density at radius 1 is 1.35 bits per heavy atom. The summed E-state index contributed by atoms with van der Waals surface area (Å²) in [6, 6.07) is 7.89. The van der Waals surface area contributed by atoms with Gasteiger partial charge in [-0.25, -0.2) is 0 Å². The first-order valence-corrected chi connectivity index (χ1v) is 9.62. The Labute approximate surface area is 146 Å². The van der Waals surface area contributed by atoms with E-state index in [0.717, 1.165) is 20.0 Å². The normalized spacial score (nSPS) is 29.1. The van der Waals surface area contributed by atoms with Crippen LogP contribution in [0.2, 0.25) is 5.02 Å². The van der Waals surface area contributed by atoms with Crippen LogP contribution in [-0.2, 0) is 0 Å². The number of nitrogens with zero attached hydrogens (tertiary/aromatic N) is 1. The molecule has 122 valence electrons. The van der Waals surface area contributed by atoms with Gasteiger partial charge in [0.15, 0.2) is 5.78 Å². The number of fused-ring (bicyclic) bond motifs is 4. The molecule has 0 radical (unpaired) electrons. The van der Waals surface area contributed by atoms with Crippen molar-refractivity contribution in [1.29, 1.82) is 0 Å². The molecule has 0 N–H and O–H groups in total. The SMILES string of the molecule is CC1(C)[C@@H](CC(=O)c2cc3cccc(Cl)c3s2)C2CCN1CC2. The van der Waals surface area contributed by atoms with Crippen molar-refractivity contribution in [1.82, 2.24) is 4.90 Å². The highest BCUT2D eigenvalue weighted by atomic mass is 35.5. The van der Waals surface area contributed by atoms with E-state index < -0.39 is 0 Å². The molecule has 5 rings (SSSR count). The maximum atomic E-state index is 12.9. The first-order chi connectivity index (χ1) is 11.0. The molecule has 1 aromatic heterocycles. The van der Waals surface area contributed by atoms with Crippen molar-refractivity contribution >= 4 is 38.8 Å². The maximum Gasteiger partial charge on any atom is 0.173 e. The predicted molar refractivity (Wildman–Crippen MR) is 97.6 cm³/mol. The Bertz CT molecular complexity index is 758. The zero-order valence-corrected chi connectivity index (χ0v) is 15.2. The van der Waals surface area contributed by atoms with Crippen LogP contribution < -0.4 is 0 Å². The highest BCUT2D eigenvalue weighted by Crippen LogP contribution is 2.46. The molecule has 0 spiro atoms. The van der Waals surface area contributed by atoms with Crippen molar-refractivity contribution < 1.29 is 4.79 Å². The number of carbonyl (C=O) groups excluding carboxylic acids is 1. The van der Waals surface area contributed by atoms with E-state index in [9.17, 15) is 4.79 Å². The number of benzene rings is 1. The molecule has 2 bridgehead atoms. The number of hydrogen-bond donors (Lipinski definition) is 0. The second-order valence-corrected chi connectivity index (χ2v) is 8.94. The smallest absolute Gasteiger partial charge is 0.173 e. The molecule has 3 aliphatic rings. The van der Waals surface area contributed by atoms with Gasteiger partial charge in [0.1, 0.15) is 0 Å². The molecule has 0 amide bonds. The van der Waals surface area contributed by atoms with E-state index in [-0.39, 0.29) is 11.3 Å². The molecule has 0 aliphatic carbocycles. The molecule has 3 fully saturated rings. The third-order valence-electron chi connectivity index (χ3n) is 6.01. The van der Waals surface area contributed by atoms with Crippen molar-refractivity contribution in [3.05, 3.63) is 34.2 Å². The molecular formula is C19H22ClNOS. The lowest BCUT2D eigenvalue weighted by Crippen LogP contribution is -2.61. The summed E-state index contributed by atoms with van der Waals surface area (Å²) in [5.74, 6) is 1.46. The van der Waals surface area contributed by atoms with Gasteiger partial charge in [0.05, 0.1) is 14.6 Å². The number of thiophene rings is 1. The second kappa shape index (κ2) is 5.58. The van der Waals surface area contributed by atoms with Gasteiger partial charge in [-0.05, 0) is 69.1 Å². The number of carbonyl (C=O) groups is 1. The summed E-state index contributed by atoms with van der Waals surface area (Å²) in [5, 5.41) is 1.83. The summed E-state index contributed by atoms with van der Waals surface area (Å²) >= 11 is 7.80. The molecule has 23 heavy (non-hydrogen) atoms. The number of piperidine rings is 3. The van der Waals surface area contributed by atoms with Crippen LogP contribution in [-0.4, -0.2) is 29.3 Å². The van der Waals surface area contributed by atoms with Crippen molar-refractivity contribution in [2.75, 3.05) is 13.1 Å². The minimum absolute atomic E-state index is 0.144. The molecule has 2 nitrogen and oxygen atoms in total. The van der Waals surface area contributed by atoms with E-state index in [1.54, 1.807) is 11.3 Å². The topological polar surface area (TPSA) is 20.3 Å². The predicted octanol–water partition coefficient (Wildman–Crippen LogP) is 5.25. The van der Waals surface area contributed by atoms with E-state index >= 15 is 0 Å². The van der Waals surface area contributed by atoms with Gasteiger partial charge in [-0.1, -0.05) is 23.7 Å². The standard InChI is InChI=1S/C19H22ClNOS/c1-19(2)14(12-6-8-21(19)9-7-12)11-16(22)17-10-13-4-3-5-15(20)18(13)23-17/h3-5,10,12,14H,6-9,11H2,1-2H3/t14-/m0/s1. The molecule has 4 heterocycles. The summed E-state index contributed by atoms with van der Waals surface area (Å²) in [5.41, 5.74) is 0.144. The first kappa shape index (κ1) is 15.6. The number of halogens is 1. The number of ketones is 1. The molecule has 2 aromatic rings. The van der Waals surface area contributed by atoms with E-state index in [2.05, 4.69) is 18.7 Å². The summed E-state index contributed by atoms with van der Waals surface area (Å²) < 4.78 is 1.03. The average Bonchev–Trinajstić information content (AvgIpc) is 2.97. The molecule has 4 heteroatoms. The monoisotopic (exact) mass is 347 g/mol. The van der Waals surface area contributed by atoms with Crippen molar-refractivity contribution in [2.45, 2.75) is 38.6 Å². The summed E-state index contributed by atoms with van der Waals surface area (Å²) in [6.45, 7) is 7.03. The van der Waals surface area contributed by atoms with Crippen LogP contribution >= 0.6 is 22.9 Å². The number of rotatable bonds is 3. The molecule has 3 saturated heterocycles. The lowest BCUT2D eigenvalue weighted by atomic mass is 9.65. The van der Waals surface area contributed by atoms with Gasteiger partial charge in [0.2, 0.25) is 0 Å². The summed E-state index contributed by atoms with van der Waals surface area (Å²) in [4.78, 5) is 16.3. The van der Waals surface area contributed by atoms with Gasteiger partial charge < -0.3 is 0 Å². The molecule has 3 aliphatic heterocycles. The van der Waals surface area contributed by atoms with Gasteiger partial charge >= 0.3 is 0 Å². The van der Waals surface area contributed by atoms with Crippen LogP contribution in [0, 0.1) is 11.8 Å². The summed E-state index contributed by atoms with van der Waals surface area (Å²) in [7, 11) is 0. The largest absolute Gasteiger partial charge is 0.298 e. The molecular weight excluding hydrogens is 326 g/mol. The molecule has 0 saturated carbocycles. The van der Waals surface area contributed by atoms with Crippen LogP contribution in [0.3, 0.4) is 0 Å². The van der Waals surface area contributed by atoms with Crippen LogP contribution in [0.15, 0.2) is 24.3 Å². The van der Waals surface area contributed by atoms with E-state index in [1.807, 2.05) is 24.3 Å². The minimum Gasteiger partial charge on any atom is -0.298 e. The Hall–Kier alpha value is -0.900. The van der Waals surface area contributed by atoms with Crippen LogP contribution in [0.5, 0.6) is 0 Å². The fourth-order valence-electron chi connectivity index (χ4n) is 4.57. The van der Waals surface area contributed by atoms with Crippen LogP contribution in [0.4, 0.5) is 0 Å². The Balaban J connectivity index is 1.60. The molecule has 1 atom stereocenters. The highest BCUT2D eigenvalue weighted by Gasteiger charge is 2.47. The van der Waals surface area contributed by atoms with Crippen molar-refractivity contribution in [3.63, 3.8) is 0 Å². The lowest BCUT2D eigenvalue weighted by Gasteiger charge is -2.56. The van der Waals surface area contributed by atoms with E-state index in [1.165, 1.54) is 25.9 Å². The maximum absolute atomic E-state index is 12.9. The van der Waals surface area contributed by atoms with Crippen molar-refractivity contribution in [3.8, 4) is 0 Å². The van der Waals surface area contributed by atoms with Gasteiger partial charge in [0, 0.05) is 12.0 Å². The van der Waals surface area contributed by atoms with Crippen LogP contribution in [0.25, 0.3) is 10.1 Å². The average molecular weight is 348 g/mol. The first-order valence-electron chi connectivity index (χ1n) is 8.43. The van der Waals surface area contributed by atoms with E-state index in [4.69, 9.17) is 11.6 Å². The lowest BCUT2D eigenvalue weighted by molar-refractivity contribution is -0.0643. The van der Waals surface area contributed by atoms with Crippen LogP contribution in [0.1, 0.15) is 42.8 Å². The summed E-state index contributed by atoms with van der Waals surface area (Å²) in [6.07, 6.45) is 3.16. The zero-order valence-electron chi connectivity index (χ0n) is 13.6. The van der Waals surface area contributed by atoms with Gasteiger partial charge in [-0.15, -0.1) is 11.3 Å². The fraction of sp³-hybridized carbons (Fsp3) is 0.526. The minimum atomic E-state index is 0.144. The Kier molecular flexibility index (Phi) is 3.79. The molecule has 0 unspecified atom stereocenters. The second-order valence-electron chi connectivity index (χ2n) is 7.48. The fourth-order valence-corrected chi connectivity index (χ4v) is 5.88. The Morgan fingerprint density at radius 2 is 2.09 bits per heavy atom. The third kappa shape index (κ3) is 2.54. The molecule has 1 aromatic carbocycles. The highest BCUT2D eigenvalue weighted by molar-refractivity contribution is 7.21. The van der Waals surface area contributed by atoms with E-state index in [0.29, 0.717) is 18.3 Å². The zero-order chi connectivity index (χ0) is 16.2.